The number of hydrogen-bond donors (Lipinski definition) is 1. The maximum atomic E-state index is 12.0. The van der Waals surface area contributed by atoms with Gasteiger partial charge in [-0.25, -0.2) is 23.1 Å². The molecule has 1 heterocycles. The molecule has 7 heteroatoms. The minimum Gasteiger partial charge on any atom is -0.363 e. The zero-order chi connectivity index (χ0) is 16.9. The Balaban J connectivity index is 2.06. The van der Waals surface area contributed by atoms with Gasteiger partial charge in [-0.2, -0.15) is 0 Å². The van der Waals surface area contributed by atoms with Crippen molar-refractivity contribution in [3.8, 4) is 0 Å². The third-order valence-electron chi connectivity index (χ3n) is 3.02. The Morgan fingerprint density at radius 1 is 1.17 bits per heavy atom. The first-order chi connectivity index (χ1) is 10.9. The zero-order valence-electron chi connectivity index (χ0n) is 13.4. The lowest BCUT2D eigenvalue weighted by Gasteiger charge is -2.13. The van der Waals surface area contributed by atoms with Gasteiger partial charge in [0.2, 0.25) is 10.0 Å². The lowest BCUT2D eigenvalue weighted by molar-refractivity contribution is 0.588. The molecule has 0 atom stereocenters. The molecule has 6 nitrogen and oxygen atoms in total. The molecule has 0 unspecified atom stereocenters. The molecule has 0 saturated heterocycles. The highest BCUT2D eigenvalue weighted by molar-refractivity contribution is 7.92. The molecule has 122 valence electrons. The third-order valence-corrected chi connectivity index (χ3v) is 4.06. The number of anilines is 1. The van der Waals surface area contributed by atoms with Gasteiger partial charge in [-0.05, 0) is 18.6 Å². The van der Waals surface area contributed by atoms with Gasteiger partial charge in [-0.3, -0.25) is 0 Å². The molecule has 2 aromatic rings. The van der Waals surface area contributed by atoms with Crippen LogP contribution in [0.5, 0.6) is 0 Å². The van der Waals surface area contributed by atoms with Crippen molar-refractivity contribution < 1.29 is 8.42 Å². The van der Waals surface area contributed by atoms with E-state index in [2.05, 4.69) is 14.7 Å². The van der Waals surface area contributed by atoms with Crippen LogP contribution in [-0.4, -0.2) is 32.5 Å². The van der Waals surface area contributed by atoms with Gasteiger partial charge in [0, 0.05) is 31.3 Å². The second-order valence-electron chi connectivity index (χ2n) is 5.26. The van der Waals surface area contributed by atoms with Gasteiger partial charge in [0.25, 0.3) is 0 Å². The van der Waals surface area contributed by atoms with Gasteiger partial charge in [-0.15, -0.1) is 0 Å². The van der Waals surface area contributed by atoms with Crippen molar-refractivity contribution in [3.63, 3.8) is 0 Å². The van der Waals surface area contributed by atoms with Crippen molar-refractivity contribution in [2.75, 3.05) is 19.0 Å². The molecular weight excluding hydrogens is 312 g/mol. The van der Waals surface area contributed by atoms with Crippen LogP contribution in [0.2, 0.25) is 0 Å². The van der Waals surface area contributed by atoms with Gasteiger partial charge in [-0.1, -0.05) is 30.3 Å². The van der Waals surface area contributed by atoms with Crippen molar-refractivity contribution in [2.24, 2.45) is 0 Å². The number of sulfonamides is 1. The van der Waals surface area contributed by atoms with E-state index < -0.39 is 10.0 Å². The van der Waals surface area contributed by atoms with Gasteiger partial charge < -0.3 is 4.90 Å². The van der Waals surface area contributed by atoms with E-state index in [1.807, 2.05) is 62.3 Å². The molecule has 23 heavy (non-hydrogen) atoms. The second kappa shape index (κ2) is 7.34. The quantitative estimate of drug-likeness (QED) is 0.875. The minimum absolute atomic E-state index is 0.0456. The molecular formula is C16H20N4O2S. The SMILES string of the molecule is Cc1cc(N(C)C)nc(CNS(=O)(=O)/C=C/c2ccccc2)n1. The Hall–Kier alpha value is -2.25. The number of rotatable bonds is 6. The molecule has 0 fully saturated rings. The largest absolute Gasteiger partial charge is 0.363 e. The molecule has 0 aliphatic rings. The van der Waals surface area contributed by atoms with Crippen LogP contribution >= 0.6 is 0 Å². The predicted octanol–water partition coefficient (Wildman–Crippen LogP) is 1.94. The van der Waals surface area contributed by atoms with E-state index >= 15 is 0 Å². The van der Waals surface area contributed by atoms with Crippen LogP contribution in [0.1, 0.15) is 17.1 Å². The van der Waals surface area contributed by atoms with E-state index in [-0.39, 0.29) is 6.54 Å². The molecule has 0 amide bonds. The van der Waals surface area contributed by atoms with Crippen LogP contribution < -0.4 is 9.62 Å². The van der Waals surface area contributed by atoms with E-state index in [9.17, 15) is 8.42 Å². The lowest BCUT2D eigenvalue weighted by Crippen LogP contribution is -2.23. The molecule has 0 spiro atoms. The average Bonchev–Trinajstić information content (AvgIpc) is 2.52. The van der Waals surface area contributed by atoms with E-state index in [1.54, 1.807) is 6.08 Å². The second-order valence-corrected chi connectivity index (χ2v) is 6.91. The number of aromatic nitrogens is 2. The molecule has 1 N–H and O–H groups in total. The first kappa shape index (κ1) is 17.1. The van der Waals surface area contributed by atoms with Crippen molar-refractivity contribution in [1.29, 1.82) is 0 Å². The van der Waals surface area contributed by atoms with Crippen molar-refractivity contribution in [3.05, 3.63) is 58.9 Å². The fraction of sp³-hybridized carbons (Fsp3) is 0.250. The van der Waals surface area contributed by atoms with Crippen LogP contribution in [0.3, 0.4) is 0 Å². The summed E-state index contributed by atoms with van der Waals surface area (Å²) in [5.41, 5.74) is 1.61. The fourth-order valence-electron chi connectivity index (χ4n) is 1.87. The highest BCUT2D eigenvalue weighted by Crippen LogP contribution is 2.09. The number of hydrogen-bond acceptors (Lipinski definition) is 5. The van der Waals surface area contributed by atoms with Gasteiger partial charge in [0.15, 0.2) is 0 Å². The average molecular weight is 332 g/mol. The van der Waals surface area contributed by atoms with Gasteiger partial charge >= 0.3 is 0 Å². The smallest absolute Gasteiger partial charge is 0.234 e. The summed E-state index contributed by atoms with van der Waals surface area (Å²) in [6, 6.07) is 11.1. The van der Waals surface area contributed by atoms with Crippen LogP contribution in [0, 0.1) is 6.92 Å². The minimum atomic E-state index is -3.55. The van der Waals surface area contributed by atoms with Crippen molar-refractivity contribution in [1.82, 2.24) is 14.7 Å². The first-order valence-electron chi connectivity index (χ1n) is 7.10. The number of benzene rings is 1. The Bertz CT molecular complexity index is 787. The predicted molar refractivity (Wildman–Crippen MR) is 92.3 cm³/mol. The van der Waals surface area contributed by atoms with Gasteiger partial charge in [0.05, 0.1) is 6.54 Å². The molecule has 0 aliphatic heterocycles. The molecule has 1 aromatic carbocycles. The normalized spacial score (nSPS) is 11.8. The first-order valence-corrected chi connectivity index (χ1v) is 8.65. The Morgan fingerprint density at radius 3 is 2.52 bits per heavy atom. The van der Waals surface area contributed by atoms with Gasteiger partial charge in [0.1, 0.15) is 11.6 Å². The highest BCUT2D eigenvalue weighted by atomic mass is 32.2. The number of nitrogens with zero attached hydrogens (tertiary/aromatic N) is 3. The van der Waals surface area contributed by atoms with E-state index in [0.29, 0.717) is 5.82 Å². The number of nitrogens with one attached hydrogen (secondary N) is 1. The molecule has 0 aliphatic carbocycles. The monoisotopic (exact) mass is 332 g/mol. The molecule has 0 bridgehead atoms. The Kier molecular flexibility index (Phi) is 5.46. The number of aryl methyl sites for hydroxylation is 1. The summed E-state index contributed by atoms with van der Waals surface area (Å²) in [6.07, 6.45) is 1.55. The summed E-state index contributed by atoms with van der Waals surface area (Å²) < 4.78 is 26.5. The molecule has 2 rings (SSSR count). The summed E-state index contributed by atoms with van der Waals surface area (Å²) in [6.45, 7) is 1.89. The standard InChI is InChI=1S/C16H20N4O2S/c1-13-11-16(20(2)3)19-15(18-13)12-17-23(21,22)10-9-14-7-5-4-6-8-14/h4-11,17H,12H2,1-3H3/b10-9+. The van der Waals surface area contributed by atoms with Crippen molar-refractivity contribution >= 4 is 21.9 Å². The summed E-state index contributed by atoms with van der Waals surface area (Å²) in [7, 11) is 0.199. The van der Waals surface area contributed by atoms with E-state index in [0.717, 1.165) is 22.5 Å². The lowest BCUT2D eigenvalue weighted by atomic mass is 10.2. The Morgan fingerprint density at radius 2 is 1.87 bits per heavy atom. The topological polar surface area (TPSA) is 75.2 Å². The maximum absolute atomic E-state index is 12.0. The summed E-state index contributed by atoms with van der Waals surface area (Å²) >= 11 is 0. The third kappa shape index (κ3) is 5.46. The van der Waals surface area contributed by atoms with Crippen LogP contribution in [0.15, 0.2) is 41.8 Å². The summed E-state index contributed by atoms with van der Waals surface area (Å²) in [5, 5.41) is 1.14. The zero-order valence-corrected chi connectivity index (χ0v) is 14.2. The summed E-state index contributed by atoms with van der Waals surface area (Å²) in [5.74, 6) is 1.18. The maximum Gasteiger partial charge on any atom is 0.234 e. The van der Waals surface area contributed by atoms with E-state index in [4.69, 9.17) is 0 Å². The fourth-order valence-corrected chi connectivity index (χ4v) is 2.63. The van der Waals surface area contributed by atoms with Crippen LogP contribution in [0.4, 0.5) is 5.82 Å². The van der Waals surface area contributed by atoms with E-state index in [1.165, 1.54) is 0 Å². The summed E-state index contributed by atoms with van der Waals surface area (Å²) in [4.78, 5) is 10.4. The molecule has 0 saturated carbocycles. The molecule has 1 aromatic heterocycles. The van der Waals surface area contributed by atoms with Crippen LogP contribution in [-0.2, 0) is 16.6 Å². The van der Waals surface area contributed by atoms with Crippen molar-refractivity contribution in [2.45, 2.75) is 13.5 Å². The Labute approximate surface area is 136 Å². The van der Waals surface area contributed by atoms with Crippen LogP contribution in [0.25, 0.3) is 6.08 Å². The highest BCUT2D eigenvalue weighted by Gasteiger charge is 2.09. The molecule has 0 radical (unpaired) electrons.